The van der Waals surface area contributed by atoms with Gasteiger partial charge in [0.25, 0.3) is 0 Å². The number of aryl methyl sites for hydroxylation is 1. The number of oxazole rings is 1. The lowest BCUT2D eigenvalue weighted by Gasteiger charge is -2.29. The van der Waals surface area contributed by atoms with Crippen LogP contribution < -0.4 is 16.4 Å². The third-order valence-corrected chi connectivity index (χ3v) is 4.57. The van der Waals surface area contributed by atoms with Crippen LogP contribution in [0.2, 0.25) is 0 Å². The van der Waals surface area contributed by atoms with Crippen LogP contribution in [0.5, 0.6) is 0 Å². The van der Waals surface area contributed by atoms with Crippen LogP contribution in [0.15, 0.2) is 34.9 Å². The third-order valence-electron chi connectivity index (χ3n) is 4.57. The monoisotopic (exact) mass is 338 g/mol. The molecule has 0 amide bonds. The first kappa shape index (κ1) is 15.8. The van der Waals surface area contributed by atoms with Crippen LogP contribution in [-0.4, -0.2) is 27.0 Å². The molecule has 0 spiro atoms. The van der Waals surface area contributed by atoms with Crippen LogP contribution in [0, 0.1) is 6.92 Å². The fraction of sp³-hybridized carbons (Fsp3) is 0.389. The molecule has 4 N–H and O–H groups in total. The molecule has 2 aromatic heterocycles. The zero-order valence-corrected chi connectivity index (χ0v) is 14.2. The summed E-state index contributed by atoms with van der Waals surface area (Å²) in [4.78, 5) is 13.2. The van der Waals surface area contributed by atoms with Crippen LogP contribution in [0.4, 0.5) is 17.5 Å². The Bertz CT molecular complexity index is 877. The largest absolute Gasteiger partial charge is 0.439 e. The first-order valence-electron chi connectivity index (χ1n) is 8.67. The van der Waals surface area contributed by atoms with Gasteiger partial charge in [-0.25, -0.2) is 9.97 Å². The average molecular weight is 338 g/mol. The predicted octanol–water partition coefficient (Wildman–Crippen LogP) is 3.35. The number of hydrogen-bond acceptors (Lipinski definition) is 7. The lowest BCUT2D eigenvalue weighted by Crippen LogP contribution is -2.42. The van der Waals surface area contributed by atoms with Crippen LogP contribution in [0.1, 0.15) is 31.6 Å². The van der Waals surface area contributed by atoms with Gasteiger partial charge in [-0.3, -0.25) is 0 Å². The number of fused-ring (bicyclic) bond motifs is 1. The standard InChI is InChI=1S/C18H22N6O/c1-11-21-14-7-4-8-15(17(14)25-11)22-16-9-10-20-18(24-16)23-13-6-3-2-5-12(13)19/h4,7-10,12-13H,2-3,5-6,19H2,1H3,(H2,20,22,23,24)/t12-,13+/m0/s1. The predicted molar refractivity (Wildman–Crippen MR) is 97.9 cm³/mol. The van der Waals surface area contributed by atoms with Crippen molar-refractivity contribution in [2.24, 2.45) is 5.73 Å². The van der Waals surface area contributed by atoms with E-state index >= 15 is 0 Å². The lowest BCUT2D eigenvalue weighted by atomic mass is 9.91. The van der Waals surface area contributed by atoms with E-state index in [9.17, 15) is 0 Å². The number of nitrogens with one attached hydrogen (secondary N) is 2. The van der Waals surface area contributed by atoms with Crippen molar-refractivity contribution in [2.45, 2.75) is 44.7 Å². The van der Waals surface area contributed by atoms with E-state index in [0.717, 1.165) is 29.6 Å². The molecule has 0 bridgehead atoms. The van der Waals surface area contributed by atoms with Gasteiger partial charge in [-0.1, -0.05) is 18.9 Å². The topological polar surface area (TPSA) is 102 Å². The number of hydrogen-bond donors (Lipinski definition) is 3. The Morgan fingerprint density at radius 2 is 2.04 bits per heavy atom. The van der Waals surface area contributed by atoms with Gasteiger partial charge in [0.05, 0.1) is 5.69 Å². The summed E-state index contributed by atoms with van der Waals surface area (Å²) in [5.74, 6) is 1.93. The summed E-state index contributed by atoms with van der Waals surface area (Å²) in [5.41, 5.74) is 8.58. The number of nitrogens with zero attached hydrogens (tertiary/aromatic N) is 3. The van der Waals surface area contributed by atoms with Crippen molar-refractivity contribution in [3.05, 3.63) is 36.4 Å². The molecule has 1 fully saturated rings. The summed E-state index contributed by atoms with van der Waals surface area (Å²) >= 11 is 0. The molecule has 7 nitrogen and oxygen atoms in total. The summed E-state index contributed by atoms with van der Waals surface area (Å²) in [6.45, 7) is 1.84. The minimum absolute atomic E-state index is 0.153. The van der Waals surface area contributed by atoms with Gasteiger partial charge in [0.1, 0.15) is 11.3 Å². The number of para-hydroxylation sites is 1. The molecule has 2 heterocycles. The van der Waals surface area contributed by atoms with Crippen molar-refractivity contribution >= 4 is 28.6 Å². The highest BCUT2D eigenvalue weighted by molar-refractivity contribution is 5.88. The molecule has 1 saturated carbocycles. The molecular weight excluding hydrogens is 316 g/mol. The van der Waals surface area contributed by atoms with Gasteiger partial charge >= 0.3 is 0 Å². The maximum absolute atomic E-state index is 6.20. The Hall–Kier alpha value is -2.67. The third kappa shape index (κ3) is 3.41. The second-order valence-corrected chi connectivity index (χ2v) is 6.48. The molecule has 0 radical (unpaired) electrons. The van der Waals surface area contributed by atoms with E-state index in [2.05, 4.69) is 25.6 Å². The van der Waals surface area contributed by atoms with Crippen LogP contribution in [0.25, 0.3) is 11.1 Å². The van der Waals surface area contributed by atoms with Crippen LogP contribution in [0.3, 0.4) is 0 Å². The van der Waals surface area contributed by atoms with Gasteiger partial charge in [0.2, 0.25) is 5.95 Å². The van der Waals surface area contributed by atoms with Gasteiger partial charge in [0.15, 0.2) is 11.5 Å². The SMILES string of the molecule is Cc1nc2cccc(Nc3ccnc(N[C@@H]4CCCC[C@@H]4N)n3)c2o1. The highest BCUT2D eigenvalue weighted by Gasteiger charge is 2.22. The Labute approximate surface area is 146 Å². The maximum Gasteiger partial charge on any atom is 0.224 e. The van der Waals surface area contributed by atoms with E-state index in [1.54, 1.807) is 6.20 Å². The van der Waals surface area contributed by atoms with Crippen LogP contribution in [-0.2, 0) is 0 Å². The number of aromatic nitrogens is 3. The van der Waals surface area contributed by atoms with E-state index in [1.807, 2.05) is 31.2 Å². The fourth-order valence-electron chi connectivity index (χ4n) is 3.30. The Kier molecular flexibility index (Phi) is 4.23. The van der Waals surface area contributed by atoms with E-state index < -0.39 is 0 Å². The normalized spacial score (nSPS) is 20.6. The fourth-order valence-corrected chi connectivity index (χ4v) is 3.30. The van der Waals surface area contributed by atoms with Crippen molar-refractivity contribution in [3.8, 4) is 0 Å². The van der Waals surface area contributed by atoms with Gasteiger partial charge in [-0.2, -0.15) is 4.98 Å². The first-order chi connectivity index (χ1) is 12.2. The van der Waals surface area contributed by atoms with E-state index in [-0.39, 0.29) is 12.1 Å². The first-order valence-corrected chi connectivity index (χ1v) is 8.67. The Balaban J connectivity index is 1.54. The minimum atomic E-state index is 0.153. The van der Waals surface area contributed by atoms with Gasteiger partial charge in [0, 0.05) is 25.2 Å². The molecular formula is C18H22N6O. The molecule has 2 atom stereocenters. The molecule has 1 aliphatic carbocycles. The summed E-state index contributed by atoms with van der Waals surface area (Å²) in [7, 11) is 0. The van der Waals surface area contributed by atoms with Crippen molar-refractivity contribution in [3.63, 3.8) is 0 Å². The highest BCUT2D eigenvalue weighted by atomic mass is 16.3. The molecule has 0 unspecified atom stereocenters. The van der Waals surface area contributed by atoms with Crippen LogP contribution >= 0.6 is 0 Å². The van der Waals surface area contributed by atoms with E-state index in [1.165, 1.54) is 12.8 Å². The summed E-state index contributed by atoms with van der Waals surface area (Å²) < 4.78 is 5.69. The van der Waals surface area contributed by atoms with Crippen molar-refractivity contribution in [1.29, 1.82) is 0 Å². The molecule has 0 saturated heterocycles. The quantitative estimate of drug-likeness (QED) is 0.670. The number of rotatable bonds is 4. The van der Waals surface area contributed by atoms with Crippen molar-refractivity contribution in [1.82, 2.24) is 15.0 Å². The summed E-state index contributed by atoms with van der Waals surface area (Å²) in [6, 6.07) is 8.01. The highest BCUT2D eigenvalue weighted by Crippen LogP contribution is 2.27. The number of nitrogens with two attached hydrogens (primary N) is 1. The van der Waals surface area contributed by atoms with Gasteiger partial charge < -0.3 is 20.8 Å². The number of benzene rings is 1. The van der Waals surface area contributed by atoms with Crippen molar-refractivity contribution < 1.29 is 4.42 Å². The molecule has 0 aliphatic heterocycles. The molecule has 1 aromatic carbocycles. The zero-order valence-electron chi connectivity index (χ0n) is 14.2. The smallest absolute Gasteiger partial charge is 0.224 e. The molecule has 7 heteroatoms. The molecule has 4 rings (SSSR count). The van der Waals surface area contributed by atoms with Gasteiger partial charge in [-0.15, -0.1) is 0 Å². The Morgan fingerprint density at radius 1 is 1.16 bits per heavy atom. The van der Waals surface area contributed by atoms with Gasteiger partial charge in [-0.05, 0) is 31.0 Å². The summed E-state index contributed by atoms with van der Waals surface area (Å²) in [5, 5.41) is 6.67. The second kappa shape index (κ2) is 6.68. The lowest BCUT2D eigenvalue weighted by molar-refractivity contribution is 0.402. The van der Waals surface area contributed by atoms with E-state index in [0.29, 0.717) is 17.7 Å². The van der Waals surface area contributed by atoms with Crippen molar-refractivity contribution in [2.75, 3.05) is 10.6 Å². The maximum atomic E-state index is 6.20. The molecule has 130 valence electrons. The average Bonchev–Trinajstić information content (AvgIpc) is 2.99. The zero-order chi connectivity index (χ0) is 17.2. The summed E-state index contributed by atoms with van der Waals surface area (Å²) in [6.07, 6.45) is 6.22. The molecule has 3 aromatic rings. The second-order valence-electron chi connectivity index (χ2n) is 6.48. The molecule has 25 heavy (non-hydrogen) atoms. The minimum Gasteiger partial charge on any atom is -0.439 e. The Morgan fingerprint density at radius 3 is 2.92 bits per heavy atom. The molecule has 1 aliphatic rings. The van der Waals surface area contributed by atoms with E-state index in [4.69, 9.17) is 10.2 Å². The number of anilines is 3.